The molecule has 144 valence electrons. The van der Waals surface area contributed by atoms with Crippen LogP contribution < -0.4 is 4.57 Å². The second kappa shape index (κ2) is 5.82. The number of nitrogens with zero attached hydrogens (tertiary/aromatic N) is 2. The van der Waals surface area contributed by atoms with Gasteiger partial charge in [0, 0.05) is 5.41 Å². The molecule has 1 aliphatic heterocycles. The highest BCUT2D eigenvalue weighted by atomic mass is 15.2. The van der Waals surface area contributed by atoms with Gasteiger partial charge in [-0.1, -0.05) is 62.4 Å². The van der Waals surface area contributed by atoms with E-state index in [9.17, 15) is 0 Å². The van der Waals surface area contributed by atoms with Crippen molar-refractivity contribution in [3.8, 4) is 17.1 Å². The minimum atomic E-state index is 0.158. The van der Waals surface area contributed by atoms with Gasteiger partial charge in [0.25, 0.3) is 5.82 Å². The van der Waals surface area contributed by atoms with E-state index in [0.717, 1.165) is 6.42 Å². The standard InChI is InChI=1S/C27H27N2/c1-3-26-18-19-27(26,4-2)29-24-17-11-10-16-23(24)28(20-12-6-5-7-13-20)25(29)21-14-8-9-15-22(21)26/h5-17H,3-4,18-19H2,1-2H3/q+1. The Morgan fingerprint density at radius 3 is 2.24 bits per heavy atom. The smallest absolute Gasteiger partial charge is 0.216 e. The third-order valence-electron chi connectivity index (χ3n) is 7.96. The Morgan fingerprint density at radius 1 is 0.793 bits per heavy atom. The average Bonchev–Trinajstić information content (AvgIpc) is 3.11. The minimum Gasteiger partial charge on any atom is -0.216 e. The third-order valence-corrected chi connectivity index (χ3v) is 7.96. The van der Waals surface area contributed by atoms with Crippen molar-refractivity contribution in [1.29, 1.82) is 0 Å². The van der Waals surface area contributed by atoms with Crippen molar-refractivity contribution in [3.05, 3.63) is 84.4 Å². The van der Waals surface area contributed by atoms with Crippen LogP contribution in [0.3, 0.4) is 0 Å². The monoisotopic (exact) mass is 379 g/mol. The number of fused-ring (bicyclic) bond motifs is 8. The summed E-state index contributed by atoms with van der Waals surface area (Å²) in [7, 11) is 0. The summed E-state index contributed by atoms with van der Waals surface area (Å²) in [5, 5.41) is 0. The van der Waals surface area contributed by atoms with Gasteiger partial charge in [0.1, 0.15) is 11.2 Å². The van der Waals surface area contributed by atoms with Crippen molar-refractivity contribution < 1.29 is 4.57 Å². The molecule has 3 aromatic carbocycles. The van der Waals surface area contributed by atoms with Crippen molar-refractivity contribution in [2.45, 2.75) is 50.5 Å². The SMILES string of the molecule is CCC12CCC1(CC)[n+]1c(n(-c3ccccc3)c3ccccc31)-c1ccccc12. The summed E-state index contributed by atoms with van der Waals surface area (Å²) in [4.78, 5) is 0. The number of hydrogen-bond donors (Lipinski definition) is 0. The predicted octanol–water partition coefficient (Wildman–Crippen LogP) is 6.15. The molecule has 1 fully saturated rings. The molecular weight excluding hydrogens is 352 g/mol. The summed E-state index contributed by atoms with van der Waals surface area (Å²) in [6.07, 6.45) is 4.89. The maximum absolute atomic E-state index is 2.73. The summed E-state index contributed by atoms with van der Waals surface area (Å²) in [5.74, 6) is 1.35. The Labute approximate surface area is 172 Å². The molecule has 2 aliphatic rings. The molecule has 4 aromatic rings. The predicted molar refractivity (Wildman–Crippen MR) is 118 cm³/mol. The van der Waals surface area contributed by atoms with Crippen LogP contribution in [0.25, 0.3) is 28.1 Å². The highest BCUT2D eigenvalue weighted by Gasteiger charge is 2.67. The molecule has 0 bridgehead atoms. The lowest BCUT2D eigenvalue weighted by molar-refractivity contribution is -0.762. The van der Waals surface area contributed by atoms with E-state index < -0.39 is 0 Å². The van der Waals surface area contributed by atoms with E-state index in [-0.39, 0.29) is 11.0 Å². The first kappa shape index (κ1) is 17.0. The summed E-state index contributed by atoms with van der Waals surface area (Å²) >= 11 is 0. The van der Waals surface area contributed by atoms with Gasteiger partial charge in [-0.15, -0.1) is 0 Å². The van der Waals surface area contributed by atoms with Crippen LogP contribution >= 0.6 is 0 Å². The zero-order chi connectivity index (χ0) is 19.6. The quantitative estimate of drug-likeness (QED) is 0.378. The fourth-order valence-electron chi connectivity index (χ4n) is 6.57. The van der Waals surface area contributed by atoms with Crippen molar-refractivity contribution in [2.75, 3.05) is 0 Å². The van der Waals surface area contributed by atoms with Crippen LogP contribution in [0.1, 0.15) is 45.1 Å². The average molecular weight is 380 g/mol. The van der Waals surface area contributed by atoms with Crippen LogP contribution in [0, 0.1) is 0 Å². The largest absolute Gasteiger partial charge is 0.295 e. The number of benzene rings is 3. The molecule has 1 aromatic heterocycles. The molecule has 0 spiro atoms. The van der Waals surface area contributed by atoms with Crippen LogP contribution in [-0.4, -0.2) is 4.57 Å². The molecule has 0 amide bonds. The fraction of sp³-hybridized carbons (Fsp3) is 0.296. The summed E-state index contributed by atoms with van der Waals surface area (Å²) < 4.78 is 5.22. The summed E-state index contributed by atoms with van der Waals surface area (Å²) in [6, 6.07) is 29.0. The molecular formula is C27H27N2+. The lowest BCUT2D eigenvalue weighted by Crippen LogP contribution is -2.75. The second-order valence-corrected chi connectivity index (χ2v) is 8.69. The molecule has 1 saturated carbocycles. The van der Waals surface area contributed by atoms with E-state index in [1.165, 1.54) is 47.4 Å². The van der Waals surface area contributed by atoms with Crippen molar-refractivity contribution in [3.63, 3.8) is 0 Å². The Hall–Kier alpha value is -2.87. The van der Waals surface area contributed by atoms with E-state index in [1.807, 2.05) is 0 Å². The highest BCUT2D eigenvalue weighted by molar-refractivity contribution is 5.81. The lowest BCUT2D eigenvalue weighted by Gasteiger charge is -2.59. The van der Waals surface area contributed by atoms with Gasteiger partial charge in [-0.2, -0.15) is 4.57 Å². The Kier molecular flexibility index (Phi) is 3.42. The zero-order valence-corrected chi connectivity index (χ0v) is 17.2. The lowest BCUT2D eigenvalue weighted by atomic mass is 9.47. The normalized spacial score (nSPS) is 24.5. The second-order valence-electron chi connectivity index (χ2n) is 8.69. The molecule has 0 saturated heterocycles. The Balaban J connectivity index is 1.84. The van der Waals surface area contributed by atoms with Crippen LogP contribution in [0.15, 0.2) is 78.9 Å². The first-order valence-corrected chi connectivity index (χ1v) is 11.0. The number of para-hydroxylation sites is 3. The molecule has 2 nitrogen and oxygen atoms in total. The minimum absolute atomic E-state index is 0.158. The van der Waals surface area contributed by atoms with Crippen molar-refractivity contribution >= 4 is 11.0 Å². The molecule has 0 N–H and O–H groups in total. The molecule has 2 heterocycles. The third kappa shape index (κ3) is 1.86. The van der Waals surface area contributed by atoms with Gasteiger partial charge in [-0.3, -0.25) is 0 Å². The van der Waals surface area contributed by atoms with Crippen molar-refractivity contribution in [1.82, 2.24) is 4.57 Å². The molecule has 2 heteroatoms. The topological polar surface area (TPSA) is 8.81 Å². The molecule has 0 radical (unpaired) electrons. The molecule has 2 atom stereocenters. The zero-order valence-electron chi connectivity index (χ0n) is 17.2. The van der Waals surface area contributed by atoms with Crippen LogP contribution in [0.5, 0.6) is 0 Å². The molecule has 29 heavy (non-hydrogen) atoms. The summed E-state index contributed by atoms with van der Waals surface area (Å²) in [5.41, 5.74) is 7.25. The number of hydrogen-bond acceptors (Lipinski definition) is 0. The van der Waals surface area contributed by atoms with E-state index >= 15 is 0 Å². The Bertz CT molecular complexity index is 1230. The number of imidazole rings is 1. The van der Waals surface area contributed by atoms with Crippen molar-refractivity contribution in [2.24, 2.45) is 0 Å². The van der Waals surface area contributed by atoms with Gasteiger partial charge < -0.3 is 0 Å². The number of rotatable bonds is 3. The summed E-state index contributed by atoms with van der Waals surface area (Å²) in [6.45, 7) is 4.78. The van der Waals surface area contributed by atoms with Crippen LogP contribution in [0.2, 0.25) is 0 Å². The molecule has 1 aliphatic carbocycles. The fourth-order valence-corrected chi connectivity index (χ4v) is 6.57. The van der Waals surface area contributed by atoms with E-state index in [4.69, 9.17) is 0 Å². The van der Waals surface area contributed by atoms with Gasteiger partial charge in [-0.05, 0) is 61.6 Å². The van der Waals surface area contributed by atoms with Crippen LogP contribution in [0.4, 0.5) is 0 Å². The van der Waals surface area contributed by atoms with Gasteiger partial charge in [0.2, 0.25) is 0 Å². The maximum atomic E-state index is 2.73. The molecule has 6 rings (SSSR count). The number of aromatic nitrogens is 2. The highest BCUT2D eigenvalue weighted by Crippen LogP contribution is 2.62. The van der Waals surface area contributed by atoms with Gasteiger partial charge >= 0.3 is 0 Å². The Morgan fingerprint density at radius 2 is 1.52 bits per heavy atom. The van der Waals surface area contributed by atoms with E-state index in [2.05, 4.69) is 102 Å². The van der Waals surface area contributed by atoms with Gasteiger partial charge in [-0.25, -0.2) is 4.57 Å². The van der Waals surface area contributed by atoms with E-state index in [0.29, 0.717) is 0 Å². The van der Waals surface area contributed by atoms with Crippen LogP contribution in [-0.2, 0) is 11.0 Å². The molecule has 2 unspecified atom stereocenters. The maximum Gasteiger partial charge on any atom is 0.295 e. The van der Waals surface area contributed by atoms with Gasteiger partial charge in [0.15, 0.2) is 11.0 Å². The first-order valence-electron chi connectivity index (χ1n) is 11.0. The first-order chi connectivity index (χ1) is 14.3. The van der Waals surface area contributed by atoms with Gasteiger partial charge in [0.05, 0.1) is 5.56 Å². The van der Waals surface area contributed by atoms with E-state index in [1.54, 1.807) is 5.56 Å².